The van der Waals surface area contributed by atoms with Gasteiger partial charge in [0, 0.05) is 30.2 Å². The van der Waals surface area contributed by atoms with Gasteiger partial charge in [0.2, 0.25) is 0 Å². The zero-order valence-corrected chi connectivity index (χ0v) is 12.4. The number of aromatic nitrogens is 1. The summed E-state index contributed by atoms with van der Waals surface area (Å²) in [5.41, 5.74) is 2.29. The quantitative estimate of drug-likeness (QED) is 0.887. The van der Waals surface area contributed by atoms with E-state index in [-0.39, 0.29) is 0 Å². The maximum atomic E-state index is 5.80. The topological polar surface area (TPSA) is 46.2 Å². The summed E-state index contributed by atoms with van der Waals surface area (Å²) >= 11 is 1.70. The van der Waals surface area contributed by atoms with E-state index in [4.69, 9.17) is 4.74 Å². The molecule has 0 aliphatic carbocycles. The lowest BCUT2D eigenvalue weighted by molar-refractivity contribution is 0.318. The van der Waals surface area contributed by atoms with E-state index in [1.54, 1.807) is 11.3 Å². The molecule has 0 bridgehead atoms. The van der Waals surface area contributed by atoms with Crippen molar-refractivity contribution in [1.29, 1.82) is 0 Å². The fourth-order valence-electron chi connectivity index (χ4n) is 2.42. The minimum Gasteiger partial charge on any atom is -0.489 e. The molecule has 1 aliphatic rings. The largest absolute Gasteiger partial charge is 0.489 e. The van der Waals surface area contributed by atoms with Gasteiger partial charge in [-0.25, -0.2) is 4.98 Å². The second-order valence-corrected chi connectivity index (χ2v) is 5.71. The molecule has 106 valence electrons. The van der Waals surface area contributed by atoms with Gasteiger partial charge in [-0.1, -0.05) is 19.1 Å². The molecule has 0 radical (unpaired) electrons. The zero-order chi connectivity index (χ0) is 13.8. The van der Waals surface area contributed by atoms with Crippen molar-refractivity contribution < 1.29 is 4.74 Å². The molecule has 1 aromatic carbocycles. The van der Waals surface area contributed by atoms with E-state index in [1.807, 2.05) is 11.6 Å². The Balaban J connectivity index is 1.72. The first-order valence-corrected chi connectivity index (χ1v) is 7.87. The molecule has 20 heavy (non-hydrogen) atoms. The maximum Gasteiger partial charge on any atom is 0.146 e. The number of nitrogens with zero attached hydrogens (tertiary/aromatic N) is 1. The highest BCUT2D eigenvalue weighted by molar-refractivity contribution is 7.09. The molecule has 0 saturated carbocycles. The van der Waals surface area contributed by atoms with Crippen LogP contribution < -0.4 is 15.4 Å². The first-order chi connectivity index (χ1) is 9.88. The molecule has 1 aromatic heterocycles. The molecule has 4 nitrogen and oxygen atoms in total. The molecule has 0 amide bonds. The molecule has 2 aromatic rings. The lowest BCUT2D eigenvalue weighted by Crippen LogP contribution is -2.23. The number of ether oxygens (including phenoxy) is 1. The van der Waals surface area contributed by atoms with Crippen molar-refractivity contribution in [2.24, 2.45) is 0 Å². The monoisotopic (exact) mass is 289 g/mol. The van der Waals surface area contributed by atoms with Crippen molar-refractivity contribution in [3.8, 4) is 5.75 Å². The Morgan fingerprint density at radius 1 is 1.50 bits per heavy atom. The second kappa shape index (κ2) is 6.24. The van der Waals surface area contributed by atoms with Crippen LogP contribution in [0.3, 0.4) is 0 Å². The Labute approximate surface area is 123 Å². The molecule has 1 aliphatic heterocycles. The Bertz CT molecular complexity index is 556. The van der Waals surface area contributed by atoms with Crippen molar-refractivity contribution in [2.75, 3.05) is 18.5 Å². The predicted octanol–water partition coefficient (Wildman–Crippen LogP) is 3.19. The van der Waals surface area contributed by atoms with E-state index in [1.165, 1.54) is 5.56 Å². The second-order valence-electron chi connectivity index (χ2n) is 4.78. The van der Waals surface area contributed by atoms with Gasteiger partial charge in [-0.2, -0.15) is 0 Å². The Morgan fingerprint density at radius 2 is 2.45 bits per heavy atom. The summed E-state index contributed by atoms with van der Waals surface area (Å²) in [5.74, 6) is 0.986. The van der Waals surface area contributed by atoms with Crippen LogP contribution in [0.1, 0.15) is 30.0 Å². The number of anilines is 1. The van der Waals surface area contributed by atoms with E-state index in [0.717, 1.165) is 42.6 Å². The van der Waals surface area contributed by atoms with Crippen LogP contribution >= 0.6 is 11.3 Å². The van der Waals surface area contributed by atoms with E-state index in [9.17, 15) is 0 Å². The van der Waals surface area contributed by atoms with Crippen molar-refractivity contribution in [3.05, 3.63) is 40.3 Å². The van der Waals surface area contributed by atoms with Crippen molar-refractivity contribution in [3.63, 3.8) is 0 Å². The molecular weight excluding hydrogens is 270 g/mol. The smallest absolute Gasteiger partial charge is 0.146 e. The minimum atomic E-state index is 0.308. The minimum absolute atomic E-state index is 0.308. The summed E-state index contributed by atoms with van der Waals surface area (Å²) in [6.45, 7) is 4.58. The van der Waals surface area contributed by atoms with Gasteiger partial charge >= 0.3 is 0 Å². The maximum absolute atomic E-state index is 5.80. The average Bonchev–Trinajstić information content (AvgIpc) is 3.02. The summed E-state index contributed by atoms with van der Waals surface area (Å²) in [6, 6.07) is 6.56. The average molecular weight is 289 g/mol. The van der Waals surface area contributed by atoms with Gasteiger partial charge in [0.1, 0.15) is 17.4 Å². The fraction of sp³-hybridized carbons (Fsp3) is 0.400. The highest BCUT2D eigenvalue weighted by atomic mass is 32.1. The number of fused-ring (bicyclic) bond motifs is 1. The van der Waals surface area contributed by atoms with Gasteiger partial charge < -0.3 is 15.4 Å². The lowest BCUT2D eigenvalue weighted by Gasteiger charge is -2.23. The predicted molar refractivity (Wildman–Crippen MR) is 82.4 cm³/mol. The highest BCUT2D eigenvalue weighted by Gasteiger charge is 2.16. The van der Waals surface area contributed by atoms with Gasteiger partial charge in [-0.05, 0) is 12.5 Å². The first-order valence-electron chi connectivity index (χ1n) is 7.00. The lowest BCUT2D eigenvalue weighted by atomic mass is 10.1. The molecule has 0 spiro atoms. The van der Waals surface area contributed by atoms with Crippen LogP contribution in [-0.2, 0) is 6.54 Å². The fourth-order valence-corrected chi connectivity index (χ4v) is 3.22. The van der Waals surface area contributed by atoms with E-state index >= 15 is 0 Å². The summed E-state index contributed by atoms with van der Waals surface area (Å²) in [6.07, 6.45) is 2.89. The molecule has 0 fully saturated rings. The van der Waals surface area contributed by atoms with Crippen LogP contribution in [0.2, 0.25) is 0 Å². The first kappa shape index (κ1) is 13.4. The number of nitrogens with one attached hydrogen (secondary N) is 2. The van der Waals surface area contributed by atoms with E-state index < -0.39 is 0 Å². The number of para-hydroxylation sites is 1. The summed E-state index contributed by atoms with van der Waals surface area (Å²) in [5, 5.41) is 10.1. The molecule has 3 rings (SSSR count). The zero-order valence-electron chi connectivity index (χ0n) is 11.6. The molecule has 5 heteroatoms. The number of rotatable bonds is 5. The summed E-state index contributed by atoms with van der Waals surface area (Å²) in [4.78, 5) is 4.40. The number of hydrogen-bond donors (Lipinski definition) is 2. The van der Waals surface area contributed by atoms with Crippen LogP contribution in [0.15, 0.2) is 29.8 Å². The number of hydrogen-bond acceptors (Lipinski definition) is 5. The third kappa shape index (κ3) is 2.78. The summed E-state index contributed by atoms with van der Waals surface area (Å²) < 4.78 is 5.80. The van der Waals surface area contributed by atoms with Crippen molar-refractivity contribution in [2.45, 2.75) is 25.9 Å². The Kier molecular flexibility index (Phi) is 4.18. The number of thiazole rings is 1. The van der Waals surface area contributed by atoms with Crippen LogP contribution in [0, 0.1) is 0 Å². The Hall–Kier alpha value is -1.59. The third-order valence-electron chi connectivity index (χ3n) is 3.46. The molecule has 0 saturated heterocycles. The van der Waals surface area contributed by atoms with Crippen LogP contribution in [0.5, 0.6) is 5.75 Å². The number of benzene rings is 1. The van der Waals surface area contributed by atoms with Crippen molar-refractivity contribution >= 4 is 17.0 Å². The normalized spacial score (nSPS) is 15.1. The van der Waals surface area contributed by atoms with Crippen LogP contribution in [0.25, 0.3) is 0 Å². The summed E-state index contributed by atoms with van der Waals surface area (Å²) in [7, 11) is 0. The van der Waals surface area contributed by atoms with Gasteiger partial charge in [-0.3, -0.25) is 0 Å². The van der Waals surface area contributed by atoms with Crippen LogP contribution in [-0.4, -0.2) is 18.1 Å². The van der Waals surface area contributed by atoms with E-state index in [0.29, 0.717) is 6.04 Å². The molecule has 2 N–H and O–H groups in total. The molecule has 2 heterocycles. The van der Waals surface area contributed by atoms with Crippen molar-refractivity contribution in [1.82, 2.24) is 10.3 Å². The van der Waals surface area contributed by atoms with Gasteiger partial charge in [0.15, 0.2) is 0 Å². The van der Waals surface area contributed by atoms with Gasteiger partial charge in [0.25, 0.3) is 0 Å². The van der Waals surface area contributed by atoms with Gasteiger partial charge in [0.05, 0.1) is 11.7 Å². The molecular formula is C15H19N3OS. The van der Waals surface area contributed by atoms with Crippen LogP contribution in [0.4, 0.5) is 5.69 Å². The SMILES string of the molecule is CCC(NCc1cccc2c1OCCN2)c1nccs1. The van der Waals surface area contributed by atoms with Gasteiger partial charge in [-0.15, -0.1) is 11.3 Å². The third-order valence-corrected chi connectivity index (χ3v) is 4.35. The molecule has 1 unspecified atom stereocenters. The Morgan fingerprint density at radius 3 is 3.25 bits per heavy atom. The standard InChI is InChI=1S/C15H19N3OS/c1-2-12(15-17-7-9-20-15)18-10-11-4-3-5-13-14(11)19-8-6-16-13/h3-5,7,9,12,16,18H,2,6,8,10H2,1H3. The molecule has 1 atom stereocenters. The highest BCUT2D eigenvalue weighted by Crippen LogP contribution is 2.31. The van der Waals surface area contributed by atoms with E-state index in [2.05, 4.69) is 40.7 Å².